The van der Waals surface area contributed by atoms with Crippen molar-refractivity contribution in [1.29, 1.82) is 0 Å². The van der Waals surface area contributed by atoms with Crippen LogP contribution in [0.2, 0.25) is 0 Å². The smallest absolute Gasteiger partial charge is 0.0702 e. The highest BCUT2D eigenvalue weighted by Gasteiger charge is 2.61. The Morgan fingerprint density at radius 1 is 0.610 bits per heavy atom. The Hall–Kier alpha value is -3.75. The summed E-state index contributed by atoms with van der Waals surface area (Å²) >= 11 is 1.95. The van der Waals surface area contributed by atoms with Gasteiger partial charge in [-0.05, 0) is 108 Å². The van der Waals surface area contributed by atoms with Crippen molar-refractivity contribution in [1.82, 2.24) is 4.98 Å². The number of nitrogens with zero attached hydrogens (tertiary/aromatic N) is 1. The minimum absolute atomic E-state index is 0.158. The van der Waals surface area contributed by atoms with Gasteiger partial charge in [-0.1, -0.05) is 72.8 Å². The van der Waals surface area contributed by atoms with Crippen LogP contribution in [0.25, 0.3) is 53.7 Å². The average molecular weight is 546 g/mol. The second-order valence-electron chi connectivity index (χ2n) is 13.2. The first-order valence-electron chi connectivity index (χ1n) is 15.4. The first-order valence-corrected chi connectivity index (χ1v) is 16.2. The second kappa shape index (κ2) is 8.17. The summed E-state index contributed by atoms with van der Waals surface area (Å²) in [6, 6.07) is 36.8. The van der Waals surface area contributed by atoms with Gasteiger partial charge < -0.3 is 0 Å². The van der Waals surface area contributed by atoms with Crippen LogP contribution in [0.1, 0.15) is 43.2 Å². The van der Waals surface area contributed by atoms with E-state index in [9.17, 15) is 0 Å². The lowest BCUT2D eigenvalue weighted by molar-refractivity contribution is -0.0399. The number of rotatable bonds is 2. The number of thiophene rings is 1. The molecule has 0 N–H and O–H groups in total. The molecule has 2 heterocycles. The van der Waals surface area contributed by atoms with Crippen LogP contribution in [0, 0.1) is 23.7 Å². The van der Waals surface area contributed by atoms with Crippen LogP contribution in [-0.4, -0.2) is 4.98 Å². The third kappa shape index (κ3) is 2.94. The molecule has 1 spiro atoms. The van der Waals surface area contributed by atoms with Crippen molar-refractivity contribution < 1.29 is 0 Å². The van der Waals surface area contributed by atoms with E-state index >= 15 is 0 Å². The van der Waals surface area contributed by atoms with Crippen molar-refractivity contribution in [3.63, 3.8) is 0 Å². The van der Waals surface area contributed by atoms with E-state index in [0.717, 1.165) is 29.4 Å². The third-order valence-electron chi connectivity index (χ3n) is 11.3. The number of benzene rings is 4. The number of hydrogen-bond acceptors (Lipinski definition) is 2. The lowest BCUT2D eigenvalue weighted by Gasteiger charge is -2.61. The van der Waals surface area contributed by atoms with E-state index in [1.807, 2.05) is 23.6 Å². The van der Waals surface area contributed by atoms with Gasteiger partial charge in [-0.25, -0.2) is 0 Å². The number of aromatic nitrogens is 1. The Bertz CT molecular complexity index is 1990. The summed E-state index contributed by atoms with van der Waals surface area (Å²) in [4.78, 5) is 4.75. The normalized spacial score (nSPS) is 27.1. The van der Waals surface area contributed by atoms with Crippen molar-refractivity contribution in [3.05, 3.63) is 114 Å². The molecule has 2 aromatic heterocycles. The summed E-state index contributed by atoms with van der Waals surface area (Å²) in [6.45, 7) is 0. The molecule has 0 unspecified atom stereocenters. The highest BCUT2D eigenvalue weighted by Crippen LogP contribution is 2.70. The first-order chi connectivity index (χ1) is 20.3. The average Bonchev–Trinajstić information content (AvgIpc) is 3.54. The molecule has 4 saturated carbocycles. The van der Waals surface area contributed by atoms with Crippen LogP contribution in [0.5, 0.6) is 0 Å². The van der Waals surface area contributed by atoms with Gasteiger partial charge >= 0.3 is 0 Å². The van der Waals surface area contributed by atoms with E-state index in [0.29, 0.717) is 0 Å². The maximum Gasteiger partial charge on any atom is 0.0702 e. The molecule has 0 aliphatic heterocycles. The van der Waals surface area contributed by atoms with Crippen molar-refractivity contribution in [2.75, 3.05) is 0 Å². The highest BCUT2D eigenvalue weighted by atomic mass is 32.1. The maximum absolute atomic E-state index is 4.75. The van der Waals surface area contributed by atoms with Gasteiger partial charge in [0.1, 0.15) is 0 Å². The van der Waals surface area contributed by atoms with Gasteiger partial charge in [0.2, 0.25) is 0 Å². The minimum atomic E-state index is 0.158. The van der Waals surface area contributed by atoms with Gasteiger partial charge in [-0.2, -0.15) is 0 Å². The number of fused-ring (bicyclic) bond motifs is 6. The van der Waals surface area contributed by atoms with Crippen LogP contribution in [-0.2, 0) is 5.41 Å². The summed E-state index contributed by atoms with van der Waals surface area (Å²) in [5, 5.41) is 2.75. The second-order valence-corrected chi connectivity index (χ2v) is 14.2. The summed E-state index contributed by atoms with van der Waals surface area (Å²) in [6.07, 6.45) is 9.03. The molecule has 2 heteroatoms. The molecule has 0 radical (unpaired) electrons. The van der Waals surface area contributed by atoms with Gasteiger partial charge in [0.25, 0.3) is 0 Å². The molecule has 0 saturated heterocycles. The van der Waals surface area contributed by atoms with E-state index in [4.69, 9.17) is 4.98 Å². The molecule has 5 aliphatic carbocycles. The summed E-state index contributed by atoms with van der Waals surface area (Å²) in [5.74, 6) is 3.41. The highest BCUT2D eigenvalue weighted by molar-refractivity contribution is 7.26. The van der Waals surface area contributed by atoms with Crippen LogP contribution < -0.4 is 0 Å². The molecule has 6 aromatic rings. The van der Waals surface area contributed by atoms with Crippen LogP contribution in [0.4, 0.5) is 0 Å². The summed E-state index contributed by atoms with van der Waals surface area (Å²) < 4.78 is 2.79. The van der Waals surface area contributed by atoms with Gasteiger partial charge in [-0.15, -0.1) is 11.3 Å². The fourth-order valence-electron chi connectivity index (χ4n) is 10.1. The Morgan fingerprint density at radius 2 is 1.37 bits per heavy atom. The van der Waals surface area contributed by atoms with Crippen molar-refractivity contribution in [3.8, 4) is 33.5 Å². The lowest BCUT2D eigenvalue weighted by Crippen LogP contribution is -2.55. The molecule has 4 bridgehead atoms. The molecule has 41 heavy (non-hydrogen) atoms. The van der Waals surface area contributed by atoms with Crippen LogP contribution in [0.3, 0.4) is 0 Å². The van der Waals surface area contributed by atoms with Crippen molar-refractivity contribution in [2.24, 2.45) is 23.7 Å². The summed E-state index contributed by atoms with van der Waals surface area (Å²) in [5.41, 5.74) is 11.4. The monoisotopic (exact) mass is 545 g/mol. The molecule has 4 aromatic carbocycles. The Labute approximate surface area is 244 Å². The zero-order valence-electron chi connectivity index (χ0n) is 23.0. The molecule has 0 atom stereocenters. The topological polar surface area (TPSA) is 12.9 Å². The molecular weight excluding hydrogens is 515 g/mol. The van der Waals surface area contributed by atoms with E-state index in [1.165, 1.54) is 80.1 Å². The molecule has 4 fully saturated rings. The Kier molecular flexibility index (Phi) is 4.56. The molecular formula is C39H31NS. The van der Waals surface area contributed by atoms with Gasteiger partial charge in [0.05, 0.1) is 5.69 Å². The fraction of sp³-hybridized carbons (Fsp3) is 0.256. The molecule has 0 amide bonds. The van der Waals surface area contributed by atoms with Crippen LogP contribution in [0.15, 0.2) is 103 Å². The Balaban J connectivity index is 1.28. The molecule has 198 valence electrons. The van der Waals surface area contributed by atoms with E-state index in [-0.39, 0.29) is 5.41 Å². The molecule has 1 nitrogen and oxygen atoms in total. The maximum atomic E-state index is 4.75. The molecule has 11 rings (SSSR count). The van der Waals surface area contributed by atoms with Crippen molar-refractivity contribution in [2.45, 2.75) is 37.5 Å². The first kappa shape index (κ1) is 22.9. The van der Waals surface area contributed by atoms with Crippen LogP contribution >= 0.6 is 11.3 Å². The van der Waals surface area contributed by atoms with Gasteiger partial charge in [0, 0.05) is 42.9 Å². The Morgan fingerprint density at radius 3 is 2.20 bits per heavy atom. The number of hydrogen-bond donors (Lipinski definition) is 0. The SMILES string of the molecule is c1ccc(-c2ccc3c(c2)-c2c(-c4cccc5c4sc4ccccc45)cccc2C32C3CC4CC(C3)CC2C4)nc1. The van der Waals surface area contributed by atoms with Gasteiger partial charge in [-0.3, -0.25) is 4.98 Å². The lowest BCUT2D eigenvalue weighted by atomic mass is 9.43. The zero-order chi connectivity index (χ0) is 26.7. The standard InChI is InChI=1S/C39H31NS/c1-2-13-36-28(7-1)30-9-5-10-31(38(30)41-36)29-8-6-11-34-37(29)32-22-25(35-12-3-4-16-40-35)14-15-33(32)39(34)26-18-23-17-24(20-26)21-27(39)19-23/h1-16,22-24,26-27H,17-21H2. The quantitative estimate of drug-likeness (QED) is 0.211. The third-order valence-corrected chi connectivity index (χ3v) is 12.5. The van der Waals surface area contributed by atoms with E-state index in [2.05, 4.69) is 91.0 Å². The van der Waals surface area contributed by atoms with E-state index < -0.39 is 0 Å². The number of pyridine rings is 1. The summed E-state index contributed by atoms with van der Waals surface area (Å²) in [7, 11) is 0. The minimum Gasteiger partial charge on any atom is -0.256 e. The fourth-order valence-corrected chi connectivity index (χ4v) is 11.4. The molecule has 5 aliphatic rings. The van der Waals surface area contributed by atoms with E-state index in [1.54, 1.807) is 11.1 Å². The largest absolute Gasteiger partial charge is 0.256 e. The predicted octanol–water partition coefficient (Wildman–Crippen LogP) is 10.5. The van der Waals surface area contributed by atoms with Gasteiger partial charge in [0.15, 0.2) is 0 Å². The predicted molar refractivity (Wildman–Crippen MR) is 171 cm³/mol. The van der Waals surface area contributed by atoms with Crippen molar-refractivity contribution >= 4 is 31.5 Å². The zero-order valence-corrected chi connectivity index (χ0v) is 23.8.